The number of halogens is 1. The number of rotatable bonds is 6. The Morgan fingerprint density at radius 1 is 1.11 bits per heavy atom. The third kappa shape index (κ3) is 4.96. The summed E-state index contributed by atoms with van der Waals surface area (Å²) in [5.74, 6) is 0.689. The van der Waals surface area contributed by atoms with Crippen LogP contribution in [0.2, 0.25) is 0 Å². The van der Waals surface area contributed by atoms with Gasteiger partial charge in [-0.2, -0.15) is 10.4 Å². The second-order valence-corrected chi connectivity index (χ2v) is 9.26. The van der Waals surface area contributed by atoms with E-state index in [1.807, 2.05) is 60.5 Å². The summed E-state index contributed by atoms with van der Waals surface area (Å²) < 4.78 is 18.0. The van der Waals surface area contributed by atoms with Crippen LogP contribution >= 0.6 is 0 Å². The average Bonchev–Trinajstić information content (AvgIpc) is 3.49. The van der Waals surface area contributed by atoms with Crippen LogP contribution < -0.4 is 11.1 Å². The summed E-state index contributed by atoms with van der Waals surface area (Å²) in [6.07, 6.45) is 8.21. The minimum Gasteiger partial charge on any atom is -0.368 e. The number of nitriles is 1. The number of aryl methyl sites for hydroxylation is 1. The largest absolute Gasteiger partial charge is 0.368 e. The lowest BCUT2D eigenvalue weighted by atomic mass is 9.86. The van der Waals surface area contributed by atoms with Gasteiger partial charge in [-0.25, -0.2) is 9.07 Å². The van der Waals surface area contributed by atoms with Crippen LogP contribution in [-0.4, -0.2) is 32.1 Å². The van der Waals surface area contributed by atoms with Gasteiger partial charge in [0.25, 0.3) is 0 Å². The molecule has 1 fully saturated rings. The Kier molecular flexibility index (Phi) is 6.34. The van der Waals surface area contributed by atoms with Gasteiger partial charge in [0.2, 0.25) is 0 Å². The number of hydrogen-bond acceptors (Lipinski definition) is 5. The molecule has 1 saturated carbocycles. The van der Waals surface area contributed by atoms with Crippen LogP contribution in [-0.2, 0) is 7.05 Å². The van der Waals surface area contributed by atoms with Gasteiger partial charge in [-0.15, -0.1) is 5.10 Å². The number of nitrogens with two attached hydrogens (primary N) is 1. The molecule has 1 aliphatic rings. The molecule has 5 rings (SSSR count). The van der Waals surface area contributed by atoms with E-state index in [-0.39, 0.29) is 11.6 Å². The Bertz CT molecular complexity index is 1360. The predicted molar refractivity (Wildman–Crippen MR) is 134 cm³/mol. The molecule has 1 aliphatic carbocycles. The van der Waals surface area contributed by atoms with E-state index >= 15 is 0 Å². The highest BCUT2D eigenvalue weighted by Crippen LogP contribution is 2.30. The molecule has 0 bridgehead atoms. The molecule has 2 aromatic carbocycles. The van der Waals surface area contributed by atoms with Crippen LogP contribution in [0.4, 0.5) is 10.2 Å². The highest BCUT2D eigenvalue weighted by atomic mass is 19.1. The van der Waals surface area contributed by atoms with E-state index in [4.69, 9.17) is 16.1 Å². The predicted octanol–water partition coefficient (Wildman–Crippen LogP) is 4.88. The lowest BCUT2D eigenvalue weighted by Gasteiger charge is -2.26. The zero-order valence-electron chi connectivity index (χ0n) is 19.7. The maximum atomic E-state index is 14.5. The van der Waals surface area contributed by atoms with Crippen molar-refractivity contribution in [2.45, 2.75) is 31.7 Å². The van der Waals surface area contributed by atoms with Crippen molar-refractivity contribution in [3.63, 3.8) is 0 Å². The summed E-state index contributed by atoms with van der Waals surface area (Å²) in [7, 11) is 1.89. The van der Waals surface area contributed by atoms with Crippen molar-refractivity contribution in [1.29, 1.82) is 5.26 Å². The highest BCUT2D eigenvalue weighted by Gasteiger charge is 2.20. The number of benzene rings is 2. The van der Waals surface area contributed by atoms with Gasteiger partial charge in [0.15, 0.2) is 0 Å². The van der Waals surface area contributed by atoms with Gasteiger partial charge in [-0.05, 0) is 55.0 Å². The van der Waals surface area contributed by atoms with Crippen LogP contribution in [0.3, 0.4) is 0 Å². The van der Waals surface area contributed by atoms with Crippen molar-refractivity contribution in [3.05, 3.63) is 72.3 Å². The number of nitrogens with zero attached hydrogens (tertiary/aromatic N) is 5. The number of hydrogen-bond donors (Lipinski definition) is 2. The zero-order chi connectivity index (χ0) is 24.4. The topological polar surface area (TPSA) is 97.5 Å². The van der Waals surface area contributed by atoms with Crippen molar-refractivity contribution < 1.29 is 4.39 Å². The maximum Gasteiger partial charge on any atom is 0.149 e. The molecular weight excluding hydrogens is 441 g/mol. The second kappa shape index (κ2) is 9.72. The fourth-order valence-corrected chi connectivity index (χ4v) is 4.77. The van der Waals surface area contributed by atoms with Gasteiger partial charge in [0.1, 0.15) is 17.7 Å². The minimum absolute atomic E-state index is 0.0209. The third-order valence-electron chi connectivity index (χ3n) is 6.64. The Balaban J connectivity index is 1.47. The Morgan fingerprint density at radius 3 is 2.60 bits per heavy atom. The zero-order valence-corrected chi connectivity index (χ0v) is 19.7. The molecule has 4 aromatic rings. The fraction of sp³-hybridized carbons (Fsp3) is 0.296. The molecule has 2 atom stereocenters. The molecule has 0 amide bonds. The molecule has 8 heteroatoms. The molecule has 0 aliphatic heterocycles. The fourth-order valence-electron chi connectivity index (χ4n) is 4.77. The molecule has 0 saturated heterocycles. The van der Waals surface area contributed by atoms with E-state index in [0.29, 0.717) is 11.5 Å². The van der Waals surface area contributed by atoms with Crippen LogP contribution in [0.5, 0.6) is 0 Å². The van der Waals surface area contributed by atoms with E-state index in [9.17, 15) is 4.39 Å². The van der Waals surface area contributed by atoms with Crippen molar-refractivity contribution >= 4 is 5.82 Å². The lowest BCUT2D eigenvalue weighted by molar-refractivity contribution is 0.335. The summed E-state index contributed by atoms with van der Waals surface area (Å²) in [4.78, 5) is 0. The van der Waals surface area contributed by atoms with Crippen molar-refractivity contribution in [2.24, 2.45) is 18.7 Å². The maximum absolute atomic E-state index is 14.5. The van der Waals surface area contributed by atoms with Gasteiger partial charge in [-0.3, -0.25) is 4.68 Å². The smallest absolute Gasteiger partial charge is 0.149 e. The molecule has 0 unspecified atom stereocenters. The number of aromatic nitrogens is 4. The van der Waals surface area contributed by atoms with E-state index < -0.39 is 5.82 Å². The van der Waals surface area contributed by atoms with E-state index in [2.05, 4.69) is 10.4 Å². The lowest BCUT2D eigenvalue weighted by Crippen LogP contribution is -2.31. The van der Waals surface area contributed by atoms with Gasteiger partial charge >= 0.3 is 0 Å². The van der Waals surface area contributed by atoms with E-state index in [0.717, 1.165) is 60.6 Å². The third-order valence-corrected chi connectivity index (χ3v) is 6.64. The van der Waals surface area contributed by atoms with Crippen LogP contribution in [0.25, 0.3) is 28.1 Å². The molecule has 0 spiro atoms. The van der Waals surface area contributed by atoms with E-state index in [1.54, 1.807) is 10.7 Å². The summed E-state index contributed by atoms with van der Waals surface area (Å²) in [6.45, 7) is 0.797. The van der Waals surface area contributed by atoms with E-state index in [1.165, 1.54) is 12.1 Å². The SMILES string of the molecule is Cn1cc(-c2ccc(-n3nc(NC[C@H]4CCC[C@H](N)C4)cc3-c3ccc(C#N)c(F)c3)cc2)cn1. The average molecular weight is 470 g/mol. The van der Waals surface area contributed by atoms with Crippen LogP contribution in [0.1, 0.15) is 31.2 Å². The minimum atomic E-state index is -0.546. The summed E-state index contributed by atoms with van der Waals surface area (Å²) in [5, 5.41) is 21.6. The molecular formula is C27H28FN7. The summed E-state index contributed by atoms with van der Waals surface area (Å²) in [5.41, 5.74) is 10.5. The van der Waals surface area contributed by atoms with Gasteiger partial charge in [0, 0.05) is 43.0 Å². The first-order chi connectivity index (χ1) is 17.0. The molecule has 2 aromatic heterocycles. The van der Waals surface area contributed by atoms with Crippen molar-refractivity contribution in [1.82, 2.24) is 19.6 Å². The molecule has 2 heterocycles. The summed E-state index contributed by atoms with van der Waals surface area (Å²) >= 11 is 0. The molecule has 0 radical (unpaired) electrons. The Hall–Kier alpha value is -3.96. The van der Waals surface area contributed by atoms with Gasteiger partial charge in [-0.1, -0.05) is 24.6 Å². The van der Waals surface area contributed by atoms with Crippen molar-refractivity contribution in [2.75, 3.05) is 11.9 Å². The molecule has 3 N–H and O–H groups in total. The first-order valence-corrected chi connectivity index (χ1v) is 11.9. The number of anilines is 1. The molecule has 35 heavy (non-hydrogen) atoms. The van der Waals surface area contributed by atoms with Crippen LogP contribution in [0, 0.1) is 23.1 Å². The molecule has 178 valence electrons. The first-order valence-electron chi connectivity index (χ1n) is 11.9. The Labute approximate surface area is 204 Å². The van der Waals surface area contributed by atoms with Crippen LogP contribution in [0.15, 0.2) is 60.9 Å². The molecule has 7 nitrogen and oxygen atoms in total. The van der Waals surface area contributed by atoms with Gasteiger partial charge < -0.3 is 11.1 Å². The standard InChI is InChI=1S/C27H28FN7/c1-34-17-22(16-32-34)19-7-9-24(10-8-19)35-26(20-5-6-21(14-29)25(28)12-20)13-27(33-35)31-15-18-3-2-4-23(30)11-18/h5-10,12-13,16-18,23H,2-4,11,15,30H2,1H3,(H,31,33)/t18-,23-/m0/s1. The Morgan fingerprint density at radius 2 is 1.91 bits per heavy atom. The number of nitrogens with one attached hydrogen (secondary N) is 1. The van der Waals surface area contributed by atoms with Crippen molar-refractivity contribution in [3.8, 4) is 34.1 Å². The highest BCUT2D eigenvalue weighted by molar-refractivity contribution is 5.68. The first kappa shape index (κ1) is 22.8. The monoisotopic (exact) mass is 469 g/mol. The normalized spacial score (nSPS) is 17.8. The quantitative estimate of drug-likeness (QED) is 0.419. The van der Waals surface area contributed by atoms with Gasteiger partial charge in [0.05, 0.1) is 23.1 Å². The second-order valence-electron chi connectivity index (χ2n) is 9.26. The summed E-state index contributed by atoms with van der Waals surface area (Å²) in [6, 6.07) is 16.7.